The van der Waals surface area contributed by atoms with Crippen LogP contribution in [0.2, 0.25) is 0 Å². The summed E-state index contributed by atoms with van der Waals surface area (Å²) in [6.45, 7) is 3.98. The summed E-state index contributed by atoms with van der Waals surface area (Å²) in [5.41, 5.74) is 2.55. The van der Waals surface area contributed by atoms with Gasteiger partial charge in [0, 0.05) is 24.0 Å². The van der Waals surface area contributed by atoms with E-state index in [1.165, 1.54) is 12.1 Å². The number of carbonyl (C=O) groups excluding carboxylic acids is 1. The van der Waals surface area contributed by atoms with Crippen LogP contribution in [0.4, 0.5) is 10.1 Å². The first-order valence-corrected chi connectivity index (χ1v) is 8.89. The summed E-state index contributed by atoms with van der Waals surface area (Å²) in [4.78, 5) is 21.7. The number of para-hydroxylation sites is 1. The molecule has 28 heavy (non-hydrogen) atoms. The molecule has 6 nitrogen and oxygen atoms in total. The van der Waals surface area contributed by atoms with Crippen molar-refractivity contribution in [2.75, 3.05) is 5.32 Å². The number of benzene rings is 1. The monoisotopic (exact) mass is 375 g/mol. The van der Waals surface area contributed by atoms with Crippen LogP contribution in [0.3, 0.4) is 0 Å². The maximum atomic E-state index is 14.0. The Bertz CT molecular complexity index is 1150. The van der Waals surface area contributed by atoms with Crippen LogP contribution in [0.25, 0.3) is 22.3 Å². The highest BCUT2D eigenvalue weighted by atomic mass is 19.1. The van der Waals surface area contributed by atoms with Crippen molar-refractivity contribution in [3.63, 3.8) is 0 Å². The number of hydrogen-bond acceptors (Lipinski definition) is 4. The minimum atomic E-state index is -0.492. The first kappa shape index (κ1) is 17.8. The smallest absolute Gasteiger partial charge is 0.256 e. The molecule has 0 spiro atoms. The Kier molecular flexibility index (Phi) is 4.57. The summed E-state index contributed by atoms with van der Waals surface area (Å²) in [5, 5.41) is 7.64. The van der Waals surface area contributed by atoms with Crippen LogP contribution in [0.1, 0.15) is 30.2 Å². The standard InChI is InChI=1S/C21H18FN5O/c1-13(2)27-20-16(12-24-27)15(11-19(25-20)14-7-9-23-10-8-14)21(28)26-18-6-4-3-5-17(18)22/h3-13H,1-2H3,(H,26,28). The number of carbonyl (C=O) groups is 1. The van der Waals surface area contributed by atoms with E-state index in [1.54, 1.807) is 41.5 Å². The third-order valence-corrected chi connectivity index (χ3v) is 4.40. The van der Waals surface area contributed by atoms with Crippen molar-refractivity contribution < 1.29 is 9.18 Å². The van der Waals surface area contributed by atoms with Gasteiger partial charge in [-0.25, -0.2) is 14.1 Å². The van der Waals surface area contributed by atoms with E-state index in [0.29, 0.717) is 22.3 Å². The fourth-order valence-electron chi connectivity index (χ4n) is 3.01. The fourth-order valence-corrected chi connectivity index (χ4v) is 3.01. The highest BCUT2D eigenvalue weighted by molar-refractivity contribution is 6.12. The van der Waals surface area contributed by atoms with Gasteiger partial charge in [0.15, 0.2) is 5.65 Å². The lowest BCUT2D eigenvalue weighted by atomic mass is 10.1. The second-order valence-electron chi connectivity index (χ2n) is 6.65. The van der Waals surface area contributed by atoms with Gasteiger partial charge in [0.2, 0.25) is 0 Å². The Morgan fingerprint density at radius 3 is 2.61 bits per heavy atom. The van der Waals surface area contributed by atoms with Crippen LogP contribution < -0.4 is 5.32 Å². The number of pyridine rings is 2. The van der Waals surface area contributed by atoms with Crippen LogP contribution in [-0.2, 0) is 0 Å². The lowest BCUT2D eigenvalue weighted by Gasteiger charge is -2.11. The van der Waals surface area contributed by atoms with Gasteiger partial charge in [0.05, 0.1) is 28.5 Å². The normalized spacial score (nSPS) is 11.1. The second kappa shape index (κ2) is 7.19. The molecule has 3 heterocycles. The maximum absolute atomic E-state index is 14.0. The van der Waals surface area contributed by atoms with E-state index < -0.39 is 11.7 Å². The topological polar surface area (TPSA) is 72.7 Å². The molecular formula is C21H18FN5O. The lowest BCUT2D eigenvalue weighted by molar-refractivity contribution is 0.102. The number of anilines is 1. The molecule has 140 valence electrons. The number of halogens is 1. The van der Waals surface area contributed by atoms with E-state index in [9.17, 15) is 9.18 Å². The van der Waals surface area contributed by atoms with Crippen molar-refractivity contribution >= 4 is 22.6 Å². The highest BCUT2D eigenvalue weighted by Gasteiger charge is 2.19. The van der Waals surface area contributed by atoms with Crippen molar-refractivity contribution in [3.05, 3.63) is 72.4 Å². The zero-order chi connectivity index (χ0) is 19.7. The third-order valence-electron chi connectivity index (χ3n) is 4.40. The minimum Gasteiger partial charge on any atom is -0.319 e. The number of nitrogens with one attached hydrogen (secondary N) is 1. The number of hydrogen-bond donors (Lipinski definition) is 1. The Hall–Kier alpha value is -3.61. The number of nitrogens with zero attached hydrogens (tertiary/aromatic N) is 4. The Labute approximate surface area is 161 Å². The molecule has 0 aliphatic heterocycles. The Morgan fingerprint density at radius 2 is 1.89 bits per heavy atom. The van der Waals surface area contributed by atoms with Gasteiger partial charge in [-0.3, -0.25) is 9.78 Å². The number of aromatic nitrogens is 4. The molecule has 7 heteroatoms. The zero-order valence-electron chi connectivity index (χ0n) is 15.4. The summed E-state index contributed by atoms with van der Waals surface area (Å²) >= 11 is 0. The largest absolute Gasteiger partial charge is 0.319 e. The average Bonchev–Trinajstić information content (AvgIpc) is 3.14. The van der Waals surface area contributed by atoms with Gasteiger partial charge in [0.1, 0.15) is 5.82 Å². The van der Waals surface area contributed by atoms with E-state index in [4.69, 9.17) is 4.98 Å². The average molecular weight is 375 g/mol. The van der Waals surface area contributed by atoms with Crippen LogP contribution in [0.15, 0.2) is 61.1 Å². The van der Waals surface area contributed by atoms with Crippen molar-refractivity contribution in [2.24, 2.45) is 0 Å². The molecule has 3 aromatic heterocycles. The molecule has 1 aromatic carbocycles. The molecule has 4 aromatic rings. The molecule has 0 atom stereocenters. The molecular weight excluding hydrogens is 357 g/mol. The number of fused-ring (bicyclic) bond motifs is 1. The molecule has 0 radical (unpaired) electrons. The van der Waals surface area contributed by atoms with Crippen LogP contribution in [-0.4, -0.2) is 25.7 Å². The van der Waals surface area contributed by atoms with Gasteiger partial charge in [-0.05, 0) is 44.2 Å². The summed E-state index contributed by atoms with van der Waals surface area (Å²) in [7, 11) is 0. The predicted octanol–water partition coefficient (Wildman–Crippen LogP) is 4.47. The minimum absolute atomic E-state index is 0.0696. The van der Waals surface area contributed by atoms with Gasteiger partial charge >= 0.3 is 0 Å². The van der Waals surface area contributed by atoms with E-state index >= 15 is 0 Å². The molecule has 1 amide bonds. The van der Waals surface area contributed by atoms with Gasteiger partial charge in [-0.1, -0.05) is 12.1 Å². The van der Waals surface area contributed by atoms with Crippen LogP contribution in [0.5, 0.6) is 0 Å². The molecule has 0 unspecified atom stereocenters. The highest BCUT2D eigenvalue weighted by Crippen LogP contribution is 2.27. The third kappa shape index (κ3) is 3.22. The molecule has 0 saturated heterocycles. The fraction of sp³-hybridized carbons (Fsp3) is 0.143. The maximum Gasteiger partial charge on any atom is 0.256 e. The zero-order valence-corrected chi connectivity index (χ0v) is 15.4. The predicted molar refractivity (Wildman–Crippen MR) is 105 cm³/mol. The second-order valence-corrected chi connectivity index (χ2v) is 6.65. The van der Waals surface area contributed by atoms with Crippen molar-refractivity contribution in [1.29, 1.82) is 0 Å². The molecule has 0 aliphatic rings. The van der Waals surface area contributed by atoms with E-state index in [-0.39, 0.29) is 11.7 Å². The molecule has 0 bridgehead atoms. The Balaban J connectivity index is 1.86. The van der Waals surface area contributed by atoms with E-state index in [0.717, 1.165) is 5.56 Å². The SMILES string of the molecule is CC(C)n1ncc2c(C(=O)Nc3ccccc3F)cc(-c3ccncc3)nc21. The number of amides is 1. The van der Waals surface area contributed by atoms with Gasteiger partial charge < -0.3 is 5.32 Å². The molecule has 0 saturated carbocycles. The van der Waals surface area contributed by atoms with E-state index in [1.807, 2.05) is 26.0 Å². The molecule has 0 fully saturated rings. The number of rotatable bonds is 4. The van der Waals surface area contributed by atoms with Crippen molar-refractivity contribution in [3.8, 4) is 11.3 Å². The first-order valence-electron chi connectivity index (χ1n) is 8.89. The summed E-state index contributed by atoms with van der Waals surface area (Å²) < 4.78 is 15.7. The molecule has 1 N–H and O–H groups in total. The van der Waals surface area contributed by atoms with Crippen molar-refractivity contribution in [1.82, 2.24) is 19.7 Å². The van der Waals surface area contributed by atoms with Gasteiger partial charge in [-0.15, -0.1) is 0 Å². The van der Waals surface area contributed by atoms with Gasteiger partial charge in [0.25, 0.3) is 5.91 Å². The quantitative estimate of drug-likeness (QED) is 0.571. The van der Waals surface area contributed by atoms with Crippen LogP contribution >= 0.6 is 0 Å². The lowest BCUT2D eigenvalue weighted by Crippen LogP contribution is -2.14. The summed E-state index contributed by atoms with van der Waals surface area (Å²) in [6.07, 6.45) is 4.95. The van der Waals surface area contributed by atoms with Crippen molar-refractivity contribution in [2.45, 2.75) is 19.9 Å². The molecule has 0 aliphatic carbocycles. The first-order chi connectivity index (χ1) is 13.5. The Morgan fingerprint density at radius 1 is 1.14 bits per heavy atom. The van der Waals surface area contributed by atoms with Gasteiger partial charge in [-0.2, -0.15) is 5.10 Å². The summed E-state index contributed by atoms with van der Waals surface area (Å²) in [5.74, 6) is -0.913. The van der Waals surface area contributed by atoms with Crippen LogP contribution in [0, 0.1) is 5.82 Å². The van der Waals surface area contributed by atoms with E-state index in [2.05, 4.69) is 15.4 Å². The molecule has 4 rings (SSSR count). The summed E-state index contributed by atoms with van der Waals surface area (Å²) in [6, 6.07) is 11.5.